The third kappa shape index (κ3) is 3.99. The number of aromatic hydroxyl groups is 1. The van der Waals surface area contributed by atoms with E-state index in [1.165, 1.54) is 28.6 Å². The fourth-order valence-electron chi connectivity index (χ4n) is 5.21. The first-order chi connectivity index (χ1) is 14.8. The number of rotatable bonds is 2. The summed E-state index contributed by atoms with van der Waals surface area (Å²) >= 11 is 0. The van der Waals surface area contributed by atoms with Crippen LogP contribution >= 0.6 is 0 Å². The number of ether oxygens (including phenoxy) is 2. The molecule has 6 aliphatic rings. The maximum absolute atomic E-state index is 12.8. The predicted octanol–water partition coefficient (Wildman–Crippen LogP) is 1.41. The Morgan fingerprint density at radius 2 is 1.56 bits per heavy atom. The number of piperidine rings is 2. The molecule has 6 fully saturated rings. The van der Waals surface area contributed by atoms with Crippen LogP contribution in [0.2, 0.25) is 0 Å². The van der Waals surface area contributed by atoms with Gasteiger partial charge in [0, 0.05) is 6.54 Å². The van der Waals surface area contributed by atoms with Gasteiger partial charge < -0.3 is 19.9 Å². The van der Waals surface area contributed by atoms with Gasteiger partial charge in [-0.05, 0) is 47.9 Å². The molecule has 0 radical (unpaired) electrons. The summed E-state index contributed by atoms with van der Waals surface area (Å²) in [6.45, 7) is 8.99. The summed E-state index contributed by atoms with van der Waals surface area (Å²) in [4.78, 5) is 23.3. The van der Waals surface area contributed by atoms with Crippen molar-refractivity contribution in [2.45, 2.75) is 69.7 Å². The van der Waals surface area contributed by atoms with Gasteiger partial charge in [-0.3, -0.25) is 9.59 Å². The molecular formula is C22H30N2O7S. The topological polar surface area (TPSA) is 122 Å². The number of hydrogen-bond acceptors (Lipinski definition) is 8. The Kier molecular flexibility index (Phi) is 5.54. The Hall–Kier alpha value is -2.17. The number of nitrogens with one attached hydrogen (secondary N) is 1. The van der Waals surface area contributed by atoms with E-state index < -0.39 is 33.6 Å². The number of esters is 2. The van der Waals surface area contributed by atoms with Crippen molar-refractivity contribution in [3.63, 3.8) is 0 Å². The maximum Gasteiger partial charge on any atom is 0.325 e. The minimum Gasteiger partial charge on any atom is -0.508 e. The second kappa shape index (κ2) is 7.71. The minimum absolute atomic E-state index is 0.00569. The van der Waals surface area contributed by atoms with Crippen LogP contribution in [0.1, 0.15) is 40.5 Å². The highest BCUT2D eigenvalue weighted by Gasteiger charge is 2.56. The van der Waals surface area contributed by atoms with Crippen LogP contribution in [0.4, 0.5) is 0 Å². The second-order valence-corrected chi connectivity index (χ2v) is 12.2. The summed E-state index contributed by atoms with van der Waals surface area (Å²) < 4.78 is 37.1. The third-order valence-corrected chi connectivity index (χ3v) is 8.56. The fraction of sp³-hybridized carbons (Fsp3) is 0.636. The van der Waals surface area contributed by atoms with Crippen LogP contribution in [-0.4, -0.2) is 67.1 Å². The normalized spacial score (nSPS) is 32.5. The summed E-state index contributed by atoms with van der Waals surface area (Å²) in [7, 11) is -3.79. The number of morpholine rings is 2. The lowest BCUT2D eigenvalue weighted by molar-refractivity contribution is -0.183. The molecule has 1 aromatic rings. The number of sulfonamides is 1. The van der Waals surface area contributed by atoms with Gasteiger partial charge in [-0.1, -0.05) is 27.7 Å². The molecular weight excluding hydrogens is 436 g/mol. The van der Waals surface area contributed by atoms with Gasteiger partial charge in [0.05, 0.1) is 11.4 Å². The van der Waals surface area contributed by atoms with E-state index >= 15 is 0 Å². The number of fused-ring (bicyclic) bond motifs is 6. The molecule has 6 aliphatic heterocycles. The third-order valence-electron chi connectivity index (χ3n) is 6.72. The SMILES string of the molecule is CC1(C)CC2CN(S(=O)(=O)c3ccc(O)cc3)C1C(=O)O2.CC1(C)CC2CNC1C(=O)O2. The molecule has 0 spiro atoms. The van der Waals surface area contributed by atoms with Crippen LogP contribution in [0.5, 0.6) is 5.75 Å². The van der Waals surface area contributed by atoms with E-state index in [1.54, 1.807) is 0 Å². The predicted molar refractivity (Wildman–Crippen MR) is 114 cm³/mol. The molecule has 6 saturated heterocycles. The Labute approximate surface area is 188 Å². The van der Waals surface area contributed by atoms with E-state index in [0.29, 0.717) is 6.42 Å². The quantitative estimate of drug-likeness (QED) is 0.628. The highest BCUT2D eigenvalue weighted by molar-refractivity contribution is 7.89. The number of carbonyl (C=O) groups excluding carboxylic acids is 2. The van der Waals surface area contributed by atoms with Crippen LogP contribution in [0.3, 0.4) is 0 Å². The molecule has 0 saturated carbocycles. The number of hydrogen-bond donors (Lipinski definition) is 2. The van der Waals surface area contributed by atoms with Gasteiger partial charge >= 0.3 is 11.9 Å². The molecule has 32 heavy (non-hydrogen) atoms. The molecule has 2 N–H and O–H groups in total. The maximum atomic E-state index is 12.8. The molecule has 9 nitrogen and oxygen atoms in total. The highest BCUT2D eigenvalue weighted by atomic mass is 32.2. The van der Waals surface area contributed by atoms with Crippen LogP contribution < -0.4 is 5.32 Å². The van der Waals surface area contributed by atoms with Crippen molar-refractivity contribution >= 4 is 22.0 Å². The van der Waals surface area contributed by atoms with Crippen molar-refractivity contribution in [2.24, 2.45) is 10.8 Å². The van der Waals surface area contributed by atoms with E-state index in [4.69, 9.17) is 9.47 Å². The molecule has 4 bridgehead atoms. The zero-order valence-electron chi connectivity index (χ0n) is 18.7. The number of benzene rings is 1. The molecule has 7 rings (SSSR count). The molecule has 4 unspecified atom stereocenters. The molecule has 176 valence electrons. The highest BCUT2D eigenvalue weighted by Crippen LogP contribution is 2.43. The lowest BCUT2D eigenvalue weighted by Crippen LogP contribution is -2.66. The number of nitrogens with zero attached hydrogens (tertiary/aromatic N) is 1. The van der Waals surface area contributed by atoms with Gasteiger partial charge in [-0.25, -0.2) is 8.42 Å². The van der Waals surface area contributed by atoms with Crippen molar-refractivity contribution in [3.05, 3.63) is 24.3 Å². The summed E-state index contributed by atoms with van der Waals surface area (Å²) in [6.07, 6.45) is 1.37. The van der Waals surface area contributed by atoms with Crippen molar-refractivity contribution in [1.29, 1.82) is 0 Å². The Morgan fingerprint density at radius 3 is 2.03 bits per heavy atom. The average molecular weight is 467 g/mol. The van der Waals surface area contributed by atoms with Crippen molar-refractivity contribution in [2.75, 3.05) is 13.1 Å². The average Bonchev–Trinajstić information content (AvgIpc) is 2.66. The smallest absolute Gasteiger partial charge is 0.325 e. The van der Waals surface area contributed by atoms with Gasteiger partial charge in [0.15, 0.2) is 0 Å². The van der Waals surface area contributed by atoms with Crippen molar-refractivity contribution in [1.82, 2.24) is 9.62 Å². The van der Waals surface area contributed by atoms with E-state index in [2.05, 4.69) is 19.2 Å². The summed E-state index contributed by atoms with van der Waals surface area (Å²) in [6, 6.07) is 4.43. The zero-order valence-corrected chi connectivity index (χ0v) is 19.5. The first kappa shape index (κ1) is 23.0. The van der Waals surface area contributed by atoms with E-state index in [-0.39, 0.29) is 40.7 Å². The molecule has 0 aliphatic carbocycles. The summed E-state index contributed by atoms with van der Waals surface area (Å²) in [5.41, 5.74) is -0.375. The standard InChI is InChI=1S/C14H17NO5S.C8H13NO2/c1-14(2)7-10-8-15(12(14)13(17)20-10)21(18,19)11-5-3-9(16)4-6-11;1-8(2)3-5-4-9-6(8)7(10)11-5/h3-6,10,12,16H,7-8H2,1-2H3;5-6,9H,3-4H2,1-2H3. The van der Waals surface area contributed by atoms with Crippen LogP contribution in [0, 0.1) is 10.8 Å². The summed E-state index contributed by atoms with van der Waals surface area (Å²) in [5.74, 6) is -0.559. The summed E-state index contributed by atoms with van der Waals surface area (Å²) in [5, 5.41) is 12.5. The zero-order chi connectivity index (χ0) is 23.5. The molecule has 0 amide bonds. The first-order valence-electron chi connectivity index (χ1n) is 10.8. The molecule has 6 heterocycles. The Balaban J connectivity index is 0.000000186. The minimum atomic E-state index is -3.79. The molecule has 4 atom stereocenters. The first-order valence-corrected chi connectivity index (χ1v) is 12.2. The fourth-order valence-corrected chi connectivity index (χ4v) is 6.98. The van der Waals surface area contributed by atoms with Crippen molar-refractivity contribution < 1.29 is 32.6 Å². The van der Waals surface area contributed by atoms with Gasteiger partial charge in [-0.15, -0.1) is 0 Å². The van der Waals surface area contributed by atoms with Gasteiger partial charge in [0.25, 0.3) is 0 Å². The van der Waals surface area contributed by atoms with E-state index in [0.717, 1.165) is 13.0 Å². The lowest BCUT2D eigenvalue weighted by atomic mass is 9.74. The number of phenols is 1. The lowest BCUT2D eigenvalue weighted by Gasteiger charge is -2.51. The number of phenolic OH excluding ortho intramolecular Hbond substituents is 1. The second-order valence-electron chi connectivity index (χ2n) is 10.3. The monoisotopic (exact) mass is 466 g/mol. The van der Waals surface area contributed by atoms with E-state index in [1.807, 2.05) is 13.8 Å². The Bertz CT molecular complexity index is 1020. The van der Waals surface area contributed by atoms with Gasteiger partial charge in [0.1, 0.15) is 30.0 Å². The Morgan fingerprint density at radius 1 is 0.969 bits per heavy atom. The van der Waals surface area contributed by atoms with Gasteiger partial charge in [-0.2, -0.15) is 4.31 Å². The number of carbonyl (C=O) groups is 2. The van der Waals surface area contributed by atoms with Crippen molar-refractivity contribution in [3.8, 4) is 5.75 Å². The molecule has 0 aromatic heterocycles. The van der Waals surface area contributed by atoms with Crippen LogP contribution in [0.25, 0.3) is 0 Å². The molecule has 1 aromatic carbocycles. The van der Waals surface area contributed by atoms with Crippen LogP contribution in [0.15, 0.2) is 29.2 Å². The van der Waals surface area contributed by atoms with E-state index in [9.17, 15) is 23.1 Å². The van der Waals surface area contributed by atoms with Gasteiger partial charge in [0.2, 0.25) is 10.0 Å². The molecule has 10 heteroatoms. The van der Waals surface area contributed by atoms with Crippen LogP contribution in [-0.2, 0) is 29.1 Å². The largest absolute Gasteiger partial charge is 0.508 e.